The Morgan fingerprint density at radius 2 is 2.14 bits per heavy atom. The largest absolute Gasteiger partial charge is 0.336 e. The minimum atomic E-state index is -0.298. The van der Waals surface area contributed by atoms with E-state index in [1.165, 1.54) is 15.9 Å². The molecule has 1 saturated heterocycles. The summed E-state index contributed by atoms with van der Waals surface area (Å²) in [7, 11) is 0. The molecule has 0 radical (unpaired) electrons. The summed E-state index contributed by atoms with van der Waals surface area (Å²) in [5.74, 6) is -0.562. The van der Waals surface area contributed by atoms with Crippen LogP contribution in [0.3, 0.4) is 0 Å². The molecule has 1 fully saturated rings. The van der Waals surface area contributed by atoms with Gasteiger partial charge in [-0.3, -0.25) is 9.69 Å². The molecule has 22 heavy (non-hydrogen) atoms. The van der Waals surface area contributed by atoms with Crippen molar-refractivity contribution in [3.63, 3.8) is 0 Å². The maximum atomic E-state index is 13.3. The normalized spacial score (nSPS) is 18.3. The molecule has 0 aliphatic carbocycles. The predicted octanol–water partition coefficient (Wildman–Crippen LogP) is 2.57. The van der Waals surface area contributed by atoms with Crippen LogP contribution >= 0.6 is 11.6 Å². The fraction of sp³-hybridized carbons (Fsp3) is 0.333. The number of anilines is 1. The van der Waals surface area contributed by atoms with Crippen LogP contribution in [0.25, 0.3) is 0 Å². The molecule has 0 unspecified atom stereocenters. The van der Waals surface area contributed by atoms with Gasteiger partial charge in [0.2, 0.25) is 0 Å². The number of carbonyl (C=O) groups excluding carboxylic acids is 2. The Balaban J connectivity index is 1.87. The SMILES string of the molecule is O=C(c1ccc(Cl)c(N2CCNC2=O)c1)N1CCC=C(F)C1. The van der Waals surface area contributed by atoms with E-state index in [1.54, 1.807) is 18.2 Å². The quantitative estimate of drug-likeness (QED) is 0.909. The second-order valence-corrected chi connectivity index (χ2v) is 5.62. The summed E-state index contributed by atoms with van der Waals surface area (Å²) in [6, 6.07) is 4.54. The Hall–Kier alpha value is -2.08. The van der Waals surface area contributed by atoms with Crippen molar-refractivity contribution in [1.82, 2.24) is 10.2 Å². The number of rotatable bonds is 2. The Bertz CT molecular complexity index is 662. The lowest BCUT2D eigenvalue weighted by Crippen LogP contribution is -2.35. The van der Waals surface area contributed by atoms with Gasteiger partial charge in [0.05, 0.1) is 17.3 Å². The Kier molecular flexibility index (Phi) is 4.02. The van der Waals surface area contributed by atoms with Crippen LogP contribution in [0.2, 0.25) is 5.02 Å². The summed E-state index contributed by atoms with van der Waals surface area (Å²) in [4.78, 5) is 27.2. The smallest absolute Gasteiger partial charge is 0.322 e. The van der Waals surface area contributed by atoms with Crippen LogP contribution in [0.15, 0.2) is 30.1 Å². The third-order valence-corrected chi connectivity index (χ3v) is 4.05. The van der Waals surface area contributed by atoms with E-state index in [2.05, 4.69) is 5.32 Å². The van der Waals surface area contributed by atoms with E-state index < -0.39 is 0 Å². The predicted molar refractivity (Wildman–Crippen MR) is 81.9 cm³/mol. The maximum absolute atomic E-state index is 13.3. The van der Waals surface area contributed by atoms with E-state index in [9.17, 15) is 14.0 Å². The van der Waals surface area contributed by atoms with Gasteiger partial charge in [-0.2, -0.15) is 0 Å². The van der Waals surface area contributed by atoms with Crippen molar-refractivity contribution >= 4 is 29.2 Å². The van der Waals surface area contributed by atoms with Crippen LogP contribution < -0.4 is 10.2 Å². The molecular weight excluding hydrogens is 309 g/mol. The summed E-state index contributed by atoms with van der Waals surface area (Å²) in [5, 5.41) is 3.09. The second-order valence-electron chi connectivity index (χ2n) is 5.22. The average Bonchev–Trinajstić information content (AvgIpc) is 2.93. The molecule has 5 nitrogen and oxygen atoms in total. The van der Waals surface area contributed by atoms with Gasteiger partial charge >= 0.3 is 6.03 Å². The van der Waals surface area contributed by atoms with E-state index >= 15 is 0 Å². The summed E-state index contributed by atoms with van der Waals surface area (Å²) in [6.07, 6.45) is 2.00. The number of hydrogen-bond donors (Lipinski definition) is 1. The van der Waals surface area contributed by atoms with Gasteiger partial charge in [-0.1, -0.05) is 11.6 Å². The van der Waals surface area contributed by atoms with Gasteiger partial charge in [0, 0.05) is 25.2 Å². The second kappa shape index (κ2) is 5.96. The fourth-order valence-electron chi connectivity index (χ4n) is 2.61. The number of halogens is 2. The zero-order valence-electron chi connectivity index (χ0n) is 11.8. The van der Waals surface area contributed by atoms with Crippen LogP contribution in [-0.4, -0.2) is 43.0 Å². The molecule has 0 saturated carbocycles. The van der Waals surface area contributed by atoms with Gasteiger partial charge in [-0.05, 0) is 30.7 Å². The fourth-order valence-corrected chi connectivity index (χ4v) is 2.83. The number of benzene rings is 1. The van der Waals surface area contributed by atoms with Crippen molar-refractivity contribution < 1.29 is 14.0 Å². The molecule has 1 aromatic carbocycles. The number of amides is 3. The van der Waals surface area contributed by atoms with Crippen molar-refractivity contribution in [3.8, 4) is 0 Å². The highest BCUT2D eigenvalue weighted by molar-refractivity contribution is 6.34. The van der Waals surface area contributed by atoms with Crippen LogP contribution in [0.5, 0.6) is 0 Å². The van der Waals surface area contributed by atoms with Crippen LogP contribution in [0.1, 0.15) is 16.8 Å². The van der Waals surface area contributed by atoms with Crippen molar-refractivity contribution in [2.24, 2.45) is 0 Å². The van der Waals surface area contributed by atoms with Crippen LogP contribution in [0, 0.1) is 0 Å². The van der Waals surface area contributed by atoms with Crippen LogP contribution in [-0.2, 0) is 0 Å². The molecule has 2 heterocycles. The van der Waals surface area contributed by atoms with Gasteiger partial charge < -0.3 is 10.2 Å². The zero-order chi connectivity index (χ0) is 15.7. The van der Waals surface area contributed by atoms with Crippen molar-refractivity contribution in [2.45, 2.75) is 6.42 Å². The summed E-state index contributed by atoms with van der Waals surface area (Å²) in [6.45, 7) is 1.50. The third kappa shape index (κ3) is 2.78. The number of carbonyl (C=O) groups is 2. The molecule has 0 aromatic heterocycles. The molecule has 0 spiro atoms. The number of nitrogens with zero attached hydrogens (tertiary/aromatic N) is 2. The van der Waals surface area contributed by atoms with E-state index in [0.29, 0.717) is 42.3 Å². The standard InChI is InChI=1S/C15H15ClFN3O2/c16-12-4-3-10(8-13(12)20-7-5-18-15(20)22)14(21)19-6-1-2-11(17)9-19/h2-4,8H,1,5-7,9H2,(H,18,22). The number of urea groups is 1. The van der Waals surface area contributed by atoms with Gasteiger partial charge in [0.15, 0.2) is 0 Å². The summed E-state index contributed by atoms with van der Waals surface area (Å²) in [5.41, 5.74) is 0.893. The Labute approximate surface area is 132 Å². The van der Waals surface area contributed by atoms with E-state index in [0.717, 1.165) is 0 Å². The van der Waals surface area contributed by atoms with E-state index in [-0.39, 0.29) is 24.3 Å². The van der Waals surface area contributed by atoms with E-state index in [4.69, 9.17) is 11.6 Å². The number of nitrogens with one attached hydrogen (secondary N) is 1. The van der Waals surface area contributed by atoms with Crippen LogP contribution in [0.4, 0.5) is 14.9 Å². The minimum absolute atomic E-state index is 0.0129. The molecule has 2 aliphatic heterocycles. The molecule has 2 aliphatic rings. The Morgan fingerprint density at radius 3 is 2.82 bits per heavy atom. The highest BCUT2D eigenvalue weighted by atomic mass is 35.5. The summed E-state index contributed by atoms with van der Waals surface area (Å²) < 4.78 is 13.3. The molecule has 116 valence electrons. The highest BCUT2D eigenvalue weighted by Gasteiger charge is 2.25. The first kappa shape index (κ1) is 14.8. The van der Waals surface area contributed by atoms with Crippen molar-refractivity contribution in [2.75, 3.05) is 31.1 Å². The van der Waals surface area contributed by atoms with Crippen molar-refractivity contribution in [3.05, 3.63) is 40.7 Å². The third-order valence-electron chi connectivity index (χ3n) is 3.73. The Morgan fingerprint density at radius 1 is 1.32 bits per heavy atom. The first-order chi connectivity index (χ1) is 10.6. The highest BCUT2D eigenvalue weighted by Crippen LogP contribution is 2.29. The molecule has 1 N–H and O–H groups in total. The lowest BCUT2D eigenvalue weighted by Gasteiger charge is -2.25. The van der Waals surface area contributed by atoms with Crippen molar-refractivity contribution in [1.29, 1.82) is 0 Å². The van der Waals surface area contributed by atoms with Gasteiger partial charge in [0.1, 0.15) is 5.83 Å². The maximum Gasteiger partial charge on any atom is 0.322 e. The monoisotopic (exact) mass is 323 g/mol. The first-order valence-electron chi connectivity index (χ1n) is 7.05. The van der Waals surface area contributed by atoms with E-state index in [1.807, 2.05) is 0 Å². The number of hydrogen-bond acceptors (Lipinski definition) is 2. The zero-order valence-corrected chi connectivity index (χ0v) is 12.6. The molecule has 1 aromatic rings. The molecule has 3 rings (SSSR count). The molecule has 0 bridgehead atoms. The minimum Gasteiger partial charge on any atom is -0.336 e. The molecular formula is C15H15ClFN3O2. The average molecular weight is 324 g/mol. The van der Waals surface area contributed by atoms with Gasteiger partial charge in [0.25, 0.3) is 5.91 Å². The summed E-state index contributed by atoms with van der Waals surface area (Å²) >= 11 is 6.14. The topological polar surface area (TPSA) is 52.7 Å². The lowest BCUT2D eigenvalue weighted by atomic mass is 10.1. The first-order valence-corrected chi connectivity index (χ1v) is 7.43. The molecule has 0 atom stereocenters. The lowest BCUT2D eigenvalue weighted by molar-refractivity contribution is 0.0755. The molecule has 7 heteroatoms. The van der Waals surface area contributed by atoms with Gasteiger partial charge in [-0.15, -0.1) is 0 Å². The molecule has 3 amide bonds. The van der Waals surface area contributed by atoms with Gasteiger partial charge in [-0.25, -0.2) is 9.18 Å².